The zero-order valence-corrected chi connectivity index (χ0v) is 15.9. The summed E-state index contributed by atoms with van der Waals surface area (Å²) in [6.45, 7) is 2.18. The first kappa shape index (κ1) is 19.1. The maximum Gasteiger partial charge on any atom is 0.573 e. The molecule has 0 N–H and O–H groups in total. The van der Waals surface area contributed by atoms with Gasteiger partial charge >= 0.3 is 6.36 Å². The van der Waals surface area contributed by atoms with Crippen LogP contribution in [0, 0.1) is 11.8 Å². The summed E-state index contributed by atoms with van der Waals surface area (Å²) >= 11 is 0. The molecule has 0 saturated heterocycles. The Bertz CT molecular complexity index is 1100. The normalized spacial score (nSPS) is 12.0. The van der Waals surface area contributed by atoms with Crippen molar-refractivity contribution in [2.45, 2.75) is 32.5 Å². The third kappa shape index (κ3) is 4.46. The Morgan fingerprint density at radius 3 is 2.14 bits per heavy atom. The first-order valence-electron chi connectivity index (χ1n) is 9.54. The van der Waals surface area contributed by atoms with Gasteiger partial charge in [0.15, 0.2) is 0 Å². The van der Waals surface area contributed by atoms with Crippen molar-refractivity contribution >= 4 is 0 Å². The summed E-state index contributed by atoms with van der Waals surface area (Å²) in [6.07, 6.45) is -1.56. The van der Waals surface area contributed by atoms with Gasteiger partial charge in [-0.1, -0.05) is 49.5 Å². The van der Waals surface area contributed by atoms with Gasteiger partial charge in [0, 0.05) is 11.1 Å². The molecule has 0 bridgehead atoms. The fourth-order valence-electron chi connectivity index (χ4n) is 3.67. The van der Waals surface area contributed by atoms with Gasteiger partial charge in [-0.3, -0.25) is 0 Å². The van der Waals surface area contributed by atoms with E-state index in [-0.39, 0.29) is 5.75 Å². The Hall–Kier alpha value is -3.19. The van der Waals surface area contributed by atoms with Gasteiger partial charge in [-0.25, -0.2) is 0 Å². The number of aryl methyl sites for hydroxylation is 1. The molecule has 0 saturated carbocycles. The molecule has 3 aromatic carbocycles. The predicted octanol–water partition coefficient (Wildman–Crippen LogP) is 6.51. The van der Waals surface area contributed by atoms with Gasteiger partial charge in [0.25, 0.3) is 0 Å². The second-order valence-corrected chi connectivity index (χ2v) is 7.11. The number of benzene rings is 3. The van der Waals surface area contributed by atoms with Crippen LogP contribution in [0.3, 0.4) is 0 Å². The fourth-order valence-corrected chi connectivity index (χ4v) is 3.67. The maximum atomic E-state index is 12.2. The van der Waals surface area contributed by atoms with Gasteiger partial charge in [0.1, 0.15) is 5.75 Å². The zero-order chi connectivity index (χ0) is 20.4. The predicted molar refractivity (Wildman–Crippen MR) is 108 cm³/mol. The van der Waals surface area contributed by atoms with Crippen LogP contribution >= 0.6 is 0 Å². The van der Waals surface area contributed by atoms with E-state index in [0.29, 0.717) is 5.56 Å². The molecule has 4 rings (SSSR count). The largest absolute Gasteiger partial charge is 0.573 e. The maximum absolute atomic E-state index is 12.2. The second kappa shape index (κ2) is 7.67. The molecule has 0 aromatic heterocycles. The topological polar surface area (TPSA) is 9.23 Å². The van der Waals surface area contributed by atoms with Crippen molar-refractivity contribution in [1.82, 2.24) is 0 Å². The number of halogens is 3. The van der Waals surface area contributed by atoms with Gasteiger partial charge in [-0.15, -0.1) is 13.2 Å². The molecule has 1 aliphatic carbocycles. The van der Waals surface area contributed by atoms with Gasteiger partial charge < -0.3 is 4.74 Å². The third-order valence-corrected chi connectivity index (χ3v) is 4.92. The first-order chi connectivity index (χ1) is 13.9. The van der Waals surface area contributed by atoms with Crippen LogP contribution in [-0.4, -0.2) is 6.36 Å². The molecule has 3 aromatic rings. The van der Waals surface area contributed by atoms with Gasteiger partial charge in [-0.05, 0) is 77.1 Å². The Morgan fingerprint density at radius 2 is 1.45 bits per heavy atom. The summed E-state index contributed by atoms with van der Waals surface area (Å²) in [5.41, 5.74) is 8.05. The smallest absolute Gasteiger partial charge is 0.406 e. The molecule has 0 unspecified atom stereocenters. The van der Waals surface area contributed by atoms with Crippen LogP contribution in [0.5, 0.6) is 5.75 Å². The molecule has 0 amide bonds. The van der Waals surface area contributed by atoms with E-state index in [9.17, 15) is 13.2 Å². The van der Waals surface area contributed by atoms with E-state index in [1.54, 1.807) is 0 Å². The van der Waals surface area contributed by atoms with Crippen molar-refractivity contribution in [3.63, 3.8) is 0 Å². The lowest BCUT2D eigenvalue weighted by atomic mass is 10.0. The lowest BCUT2D eigenvalue weighted by Gasteiger charge is -2.08. The second-order valence-electron chi connectivity index (χ2n) is 7.11. The highest BCUT2D eigenvalue weighted by Gasteiger charge is 2.30. The van der Waals surface area contributed by atoms with Crippen LogP contribution < -0.4 is 4.74 Å². The van der Waals surface area contributed by atoms with Crippen molar-refractivity contribution in [2.24, 2.45) is 0 Å². The first-order valence-corrected chi connectivity index (χ1v) is 9.54. The number of hydrogen-bond donors (Lipinski definition) is 0. The minimum absolute atomic E-state index is 0.249. The summed E-state index contributed by atoms with van der Waals surface area (Å²) in [4.78, 5) is 0. The molecule has 4 heteroatoms. The Balaban J connectivity index is 1.52. The van der Waals surface area contributed by atoms with Crippen molar-refractivity contribution in [1.29, 1.82) is 0 Å². The highest BCUT2D eigenvalue weighted by atomic mass is 19.4. The molecule has 0 radical (unpaired) electrons. The van der Waals surface area contributed by atoms with E-state index in [4.69, 9.17) is 0 Å². The number of alkyl halides is 3. The molecule has 0 atom stereocenters. The summed E-state index contributed by atoms with van der Waals surface area (Å²) < 4.78 is 40.6. The molecule has 0 fully saturated rings. The van der Waals surface area contributed by atoms with Crippen LogP contribution in [0.25, 0.3) is 11.1 Å². The highest BCUT2D eigenvalue weighted by Crippen LogP contribution is 2.37. The number of rotatable bonds is 3. The standard InChI is InChI=1S/C25H19F3O/c1-2-3-18-8-12-23-20(14-18)16-21-15-19(9-13-24(21)23)5-4-17-6-10-22(11-7-17)29-25(26,27)28/h6-15H,2-3,16H2,1H3. The quantitative estimate of drug-likeness (QED) is 0.361. The minimum atomic E-state index is -4.69. The molecule has 0 aliphatic heterocycles. The lowest BCUT2D eigenvalue weighted by molar-refractivity contribution is -0.274. The van der Waals surface area contributed by atoms with Gasteiger partial charge in [0.05, 0.1) is 0 Å². The molecule has 1 aliphatic rings. The monoisotopic (exact) mass is 392 g/mol. The van der Waals surface area contributed by atoms with E-state index < -0.39 is 6.36 Å². The summed E-state index contributed by atoms with van der Waals surface area (Å²) in [5.74, 6) is 5.86. The molecule has 1 nitrogen and oxygen atoms in total. The Morgan fingerprint density at radius 1 is 0.828 bits per heavy atom. The summed E-state index contributed by atoms with van der Waals surface area (Å²) in [6, 6.07) is 18.5. The highest BCUT2D eigenvalue weighted by molar-refractivity contribution is 5.77. The van der Waals surface area contributed by atoms with Crippen LogP contribution in [0.15, 0.2) is 60.7 Å². The van der Waals surface area contributed by atoms with Crippen LogP contribution in [0.4, 0.5) is 13.2 Å². The average Bonchev–Trinajstić information content (AvgIpc) is 3.03. The van der Waals surface area contributed by atoms with Crippen LogP contribution in [0.1, 0.15) is 41.2 Å². The van der Waals surface area contributed by atoms with Crippen molar-refractivity contribution in [3.05, 3.63) is 88.5 Å². The van der Waals surface area contributed by atoms with E-state index in [0.717, 1.165) is 24.8 Å². The molecule has 29 heavy (non-hydrogen) atoms. The van der Waals surface area contributed by atoms with Crippen LogP contribution in [0.2, 0.25) is 0 Å². The number of fused-ring (bicyclic) bond motifs is 3. The third-order valence-electron chi connectivity index (χ3n) is 4.92. The Kier molecular flexibility index (Phi) is 5.07. The minimum Gasteiger partial charge on any atom is -0.406 e. The van der Waals surface area contributed by atoms with E-state index in [1.807, 2.05) is 6.07 Å². The van der Waals surface area contributed by atoms with Crippen molar-refractivity contribution in [3.8, 4) is 28.7 Å². The van der Waals surface area contributed by atoms with Crippen LogP contribution in [-0.2, 0) is 12.8 Å². The average molecular weight is 392 g/mol. The number of ether oxygens (including phenoxy) is 1. The lowest BCUT2D eigenvalue weighted by Crippen LogP contribution is -2.16. The SMILES string of the molecule is CCCc1ccc2c(c1)Cc1cc(C#Cc3ccc(OC(F)(F)F)cc3)ccc1-2. The molecule has 0 heterocycles. The Labute approximate surface area is 168 Å². The summed E-state index contributed by atoms with van der Waals surface area (Å²) in [5, 5.41) is 0. The van der Waals surface area contributed by atoms with Crippen molar-refractivity contribution in [2.75, 3.05) is 0 Å². The van der Waals surface area contributed by atoms with Gasteiger partial charge in [-0.2, -0.15) is 0 Å². The number of hydrogen-bond acceptors (Lipinski definition) is 1. The molecular formula is C25H19F3O. The molecular weight excluding hydrogens is 373 g/mol. The van der Waals surface area contributed by atoms with Gasteiger partial charge in [0.2, 0.25) is 0 Å². The van der Waals surface area contributed by atoms with E-state index in [2.05, 4.69) is 53.8 Å². The molecule has 0 spiro atoms. The van der Waals surface area contributed by atoms with E-state index in [1.165, 1.54) is 52.1 Å². The van der Waals surface area contributed by atoms with E-state index >= 15 is 0 Å². The zero-order valence-electron chi connectivity index (χ0n) is 15.9. The summed E-state index contributed by atoms with van der Waals surface area (Å²) in [7, 11) is 0. The fraction of sp³-hybridized carbons (Fsp3) is 0.200. The molecule has 146 valence electrons. The van der Waals surface area contributed by atoms with Crippen molar-refractivity contribution < 1.29 is 17.9 Å².